The summed E-state index contributed by atoms with van der Waals surface area (Å²) in [7, 11) is 4.24. The van der Waals surface area contributed by atoms with E-state index in [1.165, 1.54) is 12.0 Å². The van der Waals surface area contributed by atoms with E-state index < -0.39 is 0 Å². The van der Waals surface area contributed by atoms with E-state index in [1.54, 1.807) is 11.3 Å². The molecule has 0 radical (unpaired) electrons. The van der Waals surface area contributed by atoms with Crippen molar-refractivity contribution in [3.63, 3.8) is 0 Å². The third-order valence-corrected chi connectivity index (χ3v) is 3.75. The van der Waals surface area contributed by atoms with Crippen molar-refractivity contribution < 1.29 is 0 Å². The first kappa shape index (κ1) is 14.6. The number of nitrogens with two attached hydrogens (primary N) is 1. The summed E-state index contributed by atoms with van der Waals surface area (Å²) in [5.74, 6) is 0. The molecule has 2 N–H and O–H groups in total. The average Bonchev–Trinajstić information content (AvgIpc) is 2.81. The lowest BCUT2D eigenvalue weighted by atomic mass is 10.1. The molecule has 98 valence electrons. The van der Waals surface area contributed by atoms with Crippen LogP contribution in [0.2, 0.25) is 0 Å². The highest BCUT2D eigenvalue weighted by atomic mass is 32.1. The van der Waals surface area contributed by atoms with Crippen molar-refractivity contribution in [2.75, 3.05) is 40.3 Å². The van der Waals surface area contributed by atoms with Crippen molar-refractivity contribution in [3.8, 4) is 0 Å². The summed E-state index contributed by atoms with van der Waals surface area (Å²) in [6.45, 7) is 6.23. The predicted molar refractivity (Wildman–Crippen MR) is 76.5 cm³/mol. The van der Waals surface area contributed by atoms with Crippen molar-refractivity contribution in [3.05, 3.63) is 22.4 Å². The molecule has 0 saturated carbocycles. The smallest absolute Gasteiger partial charge is 0.0478 e. The standard InChI is InChI=1S/C13H25N3S/c1-4-16(8-5-7-15(2)3)13(10-14)12-6-9-17-11-12/h6,9,11,13H,4-5,7-8,10,14H2,1-3H3. The van der Waals surface area contributed by atoms with E-state index in [-0.39, 0.29) is 0 Å². The fourth-order valence-corrected chi connectivity index (χ4v) is 2.79. The Morgan fingerprint density at radius 1 is 1.35 bits per heavy atom. The van der Waals surface area contributed by atoms with Crippen molar-refractivity contribution in [2.45, 2.75) is 19.4 Å². The minimum Gasteiger partial charge on any atom is -0.329 e. The quantitative estimate of drug-likeness (QED) is 0.771. The monoisotopic (exact) mass is 255 g/mol. The molecule has 0 bridgehead atoms. The minimum absolute atomic E-state index is 0.383. The molecule has 1 unspecified atom stereocenters. The first-order chi connectivity index (χ1) is 8.19. The van der Waals surface area contributed by atoms with Crippen molar-refractivity contribution >= 4 is 11.3 Å². The van der Waals surface area contributed by atoms with Crippen molar-refractivity contribution in [1.29, 1.82) is 0 Å². The van der Waals surface area contributed by atoms with Gasteiger partial charge in [-0.25, -0.2) is 0 Å². The summed E-state index contributed by atoms with van der Waals surface area (Å²) < 4.78 is 0. The Balaban J connectivity index is 2.52. The van der Waals surface area contributed by atoms with Gasteiger partial charge in [-0.3, -0.25) is 4.90 Å². The second-order valence-electron chi connectivity index (χ2n) is 4.59. The first-order valence-electron chi connectivity index (χ1n) is 6.30. The minimum atomic E-state index is 0.383. The molecule has 0 aliphatic rings. The summed E-state index contributed by atoms with van der Waals surface area (Å²) in [6, 6.07) is 2.57. The maximum absolute atomic E-state index is 5.92. The van der Waals surface area contributed by atoms with Crippen LogP contribution in [0.3, 0.4) is 0 Å². The molecular weight excluding hydrogens is 230 g/mol. The van der Waals surface area contributed by atoms with Crippen LogP contribution < -0.4 is 5.73 Å². The second-order valence-corrected chi connectivity index (χ2v) is 5.37. The Hall–Kier alpha value is -0.420. The van der Waals surface area contributed by atoms with E-state index in [9.17, 15) is 0 Å². The largest absolute Gasteiger partial charge is 0.329 e. The van der Waals surface area contributed by atoms with Crippen LogP contribution in [-0.4, -0.2) is 50.1 Å². The molecule has 1 rings (SSSR count). The zero-order valence-corrected chi connectivity index (χ0v) is 12.0. The van der Waals surface area contributed by atoms with Gasteiger partial charge in [-0.2, -0.15) is 11.3 Å². The molecule has 3 nitrogen and oxygen atoms in total. The molecule has 1 atom stereocenters. The topological polar surface area (TPSA) is 32.5 Å². The van der Waals surface area contributed by atoms with Crippen LogP contribution in [-0.2, 0) is 0 Å². The number of likely N-dealkylation sites (N-methyl/N-ethyl adjacent to an activating group) is 1. The lowest BCUT2D eigenvalue weighted by molar-refractivity contribution is 0.202. The summed E-state index contributed by atoms with van der Waals surface area (Å²) in [5.41, 5.74) is 7.29. The highest BCUT2D eigenvalue weighted by Crippen LogP contribution is 2.21. The van der Waals surface area contributed by atoms with Gasteiger partial charge in [-0.1, -0.05) is 6.92 Å². The van der Waals surface area contributed by atoms with Gasteiger partial charge in [-0.05, 0) is 56.0 Å². The third kappa shape index (κ3) is 4.76. The van der Waals surface area contributed by atoms with Crippen LogP contribution in [0.4, 0.5) is 0 Å². The Morgan fingerprint density at radius 2 is 2.12 bits per heavy atom. The van der Waals surface area contributed by atoms with Crippen LogP contribution in [0.5, 0.6) is 0 Å². The second kappa shape index (κ2) is 7.82. The SMILES string of the molecule is CCN(CCCN(C)C)C(CN)c1ccsc1. The molecule has 0 fully saturated rings. The number of nitrogens with zero attached hydrogens (tertiary/aromatic N) is 2. The van der Waals surface area contributed by atoms with Crippen LogP contribution in [0.25, 0.3) is 0 Å². The molecule has 4 heteroatoms. The summed E-state index contributed by atoms with van der Waals surface area (Å²) >= 11 is 1.75. The van der Waals surface area contributed by atoms with Crippen LogP contribution >= 0.6 is 11.3 Å². The van der Waals surface area contributed by atoms with Gasteiger partial charge in [0.2, 0.25) is 0 Å². The summed E-state index contributed by atoms with van der Waals surface area (Å²) in [6.07, 6.45) is 1.20. The third-order valence-electron chi connectivity index (χ3n) is 3.05. The molecule has 17 heavy (non-hydrogen) atoms. The van der Waals surface area contributed by atoms with Gasteiger partial charge in [0.1, 0.15) is 0 Å². The fraction of sp³-hybridized carbons (Fsp3) is 0.692. The summed E-state index contributed by atoms with van der Waals surface area (Å²) in [5, 5.41) is 4.35. The van der Waals surface area contributed by atoms with E-state index in [2.05, 4.69) is 47.6 Å². The van der Waals surface area contributed by atoms with Gasteiger partial charge in [0.25, 0.3) is 0 Å². The van der Waals surface area contributed by atoms with Crippen LogP contribution in [0.1, 0.15) is 24.9 Å². The zero-order valence-electron chi connectivity index (χ0n) is 11.2. The highest BCUT2D eigenvalue weighted by molar-refractivity contribution is 7.07. The molecule has 0 amide bonds. The zero-order chi connectivity index (χ0) is 12.7. The Bertz CT molecular complexity index is 285. The molecule has 0 aliphatic carbocycles. The number of thiophene rings is 1. The maximum atomic E-state index is 5.92. The van der Waals surface area contributed by atoms with Gasteiger partial charge in [0, 0.05) is 19.1 Å². The van der Waals surface area contributed by atoms with Crippen molar-refractivity contribution in [1.82, 2.24) is 9.80 Å². The van der Waals surface area contributed by atoms with Crippen molar-refractivity contribution in [2.24, 2.45) is 5.73 Å². The van der Waals surface area contributed by atoms with Gasteiger partial charge >= 0.3 is 0 Å². The van der Waals surface area contributed by atoms with Gasteiger partial charge < -0.3 is 10.6 Å². The molecule has 1 heterocycles. The van der Waals surface area contributed by atoms with Crippen LogP contribution in [0, 0.1) is 0 Å². The number of hydrogen-bond acceptors (Lipinski definition) is 4. The fourth-order valence-electron chi connectivity index (χ4n) is 2.08. The first-order valence-corrected chi connectivity index (χ1v) is 7.24. The lowest BCUT2D eigenvalue weighted by Crippen LogP contribution is -2.35. The van der Waals surface area contributed by atoms with E-state index in [0.717, 1.165) is 19.6 Å². The molecular formula is C13H25N3S. The van der Waals surface area contributed by atoms with Gasteiger partial charge in [0.05, 0.1) is 0 Å². The normalized spacial score (nSPS) is 13.5. The van der Waals surface area contributed by atoms with E-state index >= 15 is 0 Å². The number of rotatable bonds is 8. The average molecular weight is 255 g/mol. The molecule has 0 spiro atoms. The van der Waals surface area contributed by atoms with E-state index in [1.807, 2.05) is 0 Å². The highest BCUT2D eigenvalue weighted by Gasteiger charge is 2.17. The van der Waals surface area contributed by atoms with Gasteiger partial charge in [0.15, 0.2) is 0 Å². The molecule has 0 saturated heterocycles. The summed E-state index contributed by atoms with van der Waals surface area (Å²) in [4.78, 5) is 4.71. The molecule has 1 aromatic heterocycles. The number of hydrogen-bond donors (Lipinski definition) is 1. The predicted octanol–water partition coefficient (Wildman–Crippen LogP) is 2.02. The Kier molecular flexibility index (Phi) is 6.73. The molecule has 0 aromatic carbocycles. The Morgan fingerprint density at radius 3 is 2.59 bits per heavy atom. The lowest BCUT2D eigenvalue weighted by Gasteiger charge is -2.29. The van der Waals surface area contributed by atoms with Gasteiger partial charge in [-0.15, -0.1) is 0 Å². The van der Waals surface area contributed by atoms with E-state index in [0.29, 0.717) is 12.6 Å². The maximum Gasteiger partial charge on any atom is 0.0478 e. The van der Waals surface area contributed by atoms with Crippen LogP contribution in [0.15, 0.2) is 16.8 Å². The molecule has 1 aromatic rings. The Labute approximate surface area is 109 Å². The van der Waals surface area contributed by atoms with E-state index in [4.69, 9.17) is 5.73 Å². The molecule has 0 aliphatic heterocycles.